The summed E-state index contributed by atoms with van der Waals surface area (Å²) in [4.78, 5) is 20.5. The predicted molar refractivity (Wildman–Crippen MR) is 90.6 cm³/mol. The van der Waals surface area contributed by atoms with E-state index >= 15 is 0 Å². The van der Waals surface area contributed by atoms with Crippen molar-refractivity contribution in [2.24, 2.45) is 5.41 Å². The first kappa shape index (κ1) is 16.5. The number of nitrogens with zero attached hydrogens (tertiary/aromatic N) is 2. The third-order valence-electron chi connectivity index (χ3n) is 4.35. The van der Waals surface area contributed by atoms with E-state index < -0.39 is 0 Å². The number of unbranched alkanes of at least 4 members (excludes halogenated alkanes) is 1. The zero-order valence-electron chi connectivity index (χ0n) is 14.0. The number of hydrogen-bond acceptors (Lipinski definition) is 4. The van der Waals surface area contributed by atoms with E-state index in [0.717, 1.165) is 35.1 Å². The molecule has 0 bridgehead atoms. The molecule has 1 aromatic heterocycles. The van der Waals surface area contributed by atoms with Gasteiger partial charge in [0, 0.05) is 19.0 Å². The summed E-state index contributed by atoms with van der Waals surface area (Å²) in [6.07, 6.45) is 5.04. The van der Waals surface area contributed by atoms with E-state index in [9.17, 15) is 4.79 Å². The zero-order chi connectivity index (χ0) is 15.6. The van der Waals surface area contributed by atoms with Gasteiger partial charge in [-0.1, -0.05) is 45.5 Å². The highest BCUT2D eigenvalue weighted by atomic mass is 32.1. The Morgan fingerprint density at radius 2 is 2.05 bits per heavy atom. The van der Waals surface area contributed by atoms with E-state index in [0.29, 0.717) is 12.5 Å². The molecule has 1 unspecified atom stereocenters. The molecule has 1 aliphatic carbocycles. The van der Waals surface area contributed by atoms with Crippen LogP contribution in [-0.4, -0.2) is 23.4 Å². The van der Waals surface area contributed by atoms with Gasteiger partial charge in [-0.3, -0.25) is 4.79 Å². The Morgan fingerprint density at radius 1 is 1.33 bits per heavy atom. The number of hydrogen-bond donors (Lipinski definition) is 0. The lowest BCUT2D eigenvalue weighted by Gasteiger charge is -2.28. The molecule has 4 heteroatoms. The molecule has 0 saturated heterocycles. The number of carbonyl (C=O) groups is 1. The Kier molecular flexibility index (Phi) is 5.07. The molecule has 1 heterocycles. The average molecular weight is 308 g/mol. The van der Waals surface area contributed by atoms with E-state index in [1.807, 2.05) is 0 Å². The van der Waals surface area contributed by atoms with Crippen LogP contribution in [0.3, 0.4) is 0 Å². The minimum Gasteiger partial charge on any atom is -0.345 e. The van der Waals surface area contributed by atoms with Crippen LogP contribution in [0.4, 0.5) is 5.13 Å². The molecule has 3 nitrogen and oxygen atoms in total. The highest BCUT2D eigenvalue weighted by Crippen LogP contribution is 2.39. The Labute approximate surface area is 132 Å². The molecule has 0 spiro atoms. The van der Waals surface area contributed by atoms with Crippen LogP contribution < -0.4 is 4.90 Å². The topological polar surface area (TPSA) is 33.2 Å². The summed E-state index contributed by atoms with van der Waals surface area (Å²) in [7, 11) is 0. The molecule has 1 aliphatic rings. The predicted octanol–water partition coefficient (Wildman–Crippen LogP) is 4.70. The monoisotopic (exact) mass is 308 g/mol. The van der Waals surface area contributed by atoms with Crippen LogP contribution in [0.15, 0.2) is 0 Å². The summed E-state index contributed by atoms with van der Waals surface area (Å²) in [5, 5.41) is 1.05. The highest BCUT2D eigenvalue weighted by Gasteiger charge is 2.34. The first-order chi connectivity index (χ1) is 9.88. The van der Waals surface area contributed by atoms with Crippen molar-refractivity contribution in [3.8, 4) is 0 Å². The first-order valence-corrected chi connectivity index (χ1v) is 8.99. The summed E-state index contributed by atoms with van der Waals surface area (Å²) in [5.74, 6) is 0.282. The third-order valence-corrected chi connectivity index (χ3v) is 5.52. The van der Waals surface area contributed by atoms with Crippen molar-refractivity contribution in [3.63, 3.8) is 0 Å². The lowest BCUT2D eigenvalue weighted by Crippen LogP contribution is -2.33. The molecule has 0 radical (unpaired) electrons. The van der Waals surface area contributed by atoms with Crippen LogP contribution in [0.25, 0.3) is 0 Å². The van der Waals surface area contributed by atoms with Crippen LogP contribution >= 0.6 is 11.3 Å². The van der Waals surface area contributed by atoms with Crippen LogP contribution in [0, 0.1) is 5.41 Å². The van der Waals surface area contributed by atoms with Gasteiger partial charge in [0.2, 0.25) is 0 Å². The summed E-state index contributed by atoms with van der Waals surface area (Å²) < 4.78 is 0. The Hall–Kier alpha value is -0.900. The molecular formula is C17H28N2OS. The molecule has 1 atom stereocenters. The molecule has 0 N–H and O–H groups in total. The second-order valence-corrected chi connectivity index (χ2v) is 7.99. The van der Waals surface area contributed by atoms with Crippen LogP contribution in [0.2, 0.25) is 0 Å². The quantitative estimate of drug-likeness (QED) is 0.763. The van der Waals surface area contributed by atoms with Gasteiger partial charge in [-0.15, -0.1) is 0 Å². The minimum absolute atomic E-state index is 0.0556. The number of carbonyl (C=O) groups excluding carboxylic acids is 1. The van der Waals surface area contributed by atoms with Crippen molar-refractivity contribution in [3.05, 3.63) is 10.6 Å². The van der Waals surface area contributed by atoms with E-state index in [4.69, 9.17) is 4.98 Å². The van der Waals surface area contributed by atoms with Gasteiger partial charge >= 0.3 is 0 Å². The summed E-state index contributed by atoms with van der Waals surface area (Å²) in [5.41, 5.74) is 1.08. The lowest BCUT2D eigenvalue weighted by atomic mass is 9.78. The summed E-state index contributed by atoms with van der Waals surface area (Å²) in [6.45, 7) is 12.0. The summed E-state index contributed by atoms with van der Waals surface area (Å²) >= 11 is 1.61. The maximum Gasteiger partial charge on any atom is 0.186 e. The number of aromatic nitrogens is 1. The lowest BCUT2D eigenvalue weighted by molar-refractivity contribution is 0.0916. The second-order valence-electron chi connectivity index (χ2n) is 7.02. The van der Waals surface area contributed by atoms with E-state index in [1.54, 1.807) is 11.3 Å². The fourth-order valence-corrected chi connectivity index (χ4v) is 4.03. The van der Waals surface area contributed by atoms with E-state index in [-0.39, 0.29) is 11.2 Å². The van der Waals surface area contributed by atoms with Gasteiger partial charge in [-0.25, -0.2) is 4.98 Å². The first-order valence-electron chi connectivity index (χ1n) is 8.17. The number of anilines is 1. The Balaban J connectivity index is 2.29. The fourth-order valence-electron chi connectivity index (χ4n) is 2.88. The van der Waals surface area contributed by atoms with E-state index in [2.05, 4.69) is 39.5 Å². The SMILES string of the molecule is CCCCN(c1nc2c(s1)C(=O)CC(C)(C)C2)C(C)CC. The molecule has 118 valence electrons. The maximum absolute atomic E-state index is 12.3. The van der Waals surface area contributed by atoms with Crippen molar-refractivity contribution >= 4 is 22.3 Å². The smallest absolute Gasteiger partial charge is 0.186 e. The highest BCUT2D eigenvalue weighted by molar-refractivity contribution is 7.17. The minimum atomic E-state index is 0.0556. The van der Waals surface area contributed by atoms with Crippen molar-refractivity contribution in [2.45, 2.75) is 72.8 Å². The molecule has 0 aromatic carbocycles. The van der Waals surface area contributed by atoms with Gasteiger partial charge in [0.05, 0.1) is 10.6 Å². The molecule has 0 fully saturated rings. The maximum atomic E-state index is 12.3. The fraction of sp³-hybridized carbons (Fsp3) is 0.765. The molecule has 1 aromatic rings. The van der Waals surface area contributed by atoms with Gasteiger partial charge in [-0.05, 0) is 31.6 Å². The number of thiazole rings is 1. The number of fused-ring (bicyclic) bond motifs is 1. The van der Waals surface area contributed by atoms with Crippen LogP contribution in [0.1, 0.15) is 75.7 Å². The molecule has 0 aliphatic heterocycles. The van der Waals surface area contributed by atoms with Crippen molar-refractivity contribution in [1.29, 1.82) is 0 Å². The van der Waals surface area contributed by atoms with Crippen molar-refractivity contribution in [2.75, 3.05) is 11.4 Å². The van der Waals surface area contributed by atoms with Gasteiger partial charge in [0.25, 0.3) is 0 Å². The second kappa shape index (κ2) is 6.47. The number of Topliss-reactive ketones (excluding diaryl/α,β-unsaturated/α-hetero) is 1. The van der Waals surface area contributed by atoms with Crippen molar-refractivity contribution in [1.82, 2.24) is 4.98 Å². The summed E-state index contributed by atoms with van der Waals surface area (Å²) in [6, 6.07) is 0.479. The van der Waals surface area contributed by atoms with Crippen LogP contribution in [0.5, 0.6) is 0 Å². The molecular weight excluding hydrogens is 280 g/mol. The number of rotatable bonds is 6. The number of ketones is 1. The Morgan fingerprint density at radius 3 is 2.67 bits per heavy atom. The largest absolute Gasteiger partial charge is 0.345 e. The Bertz CT molecular complexity index is 507. The normalized spacial score (nSPS) is 18.4. The molecule has 2 rings (SSSR count). The van der Waals surface area contributed by atoms with Gasteiger partial charge < -0.3 is 4.90 Å². The molecule has 21 heavy (non-hydrogen) atoms. The standard InChI is InChI=1S/C17H28N2OS/c1-6-8-9-19(12(3)7-2)16-18-13-10-17(4,5)11-14(20)15(13)21-16/h12H,6-11H2,1-5H3. The zero-order valence-corrected chi connectivity index (χ0v) is 14.8. The van der Waals surface area contributed by atoms with Gasteiger partial charge in [0.1, 0.15) is 0 Å². The molecule has 0 saturated carbocycles. The van der Waals surface area contributed by atoms with Crippen LogP contribution in [-0.2, 0) is 6.42 Å². The van der Waals surface area contributed by atoms with E-state index in [1.165, 1.54) is 12.8 Å². The molecule has 0 amide bonds. The van der Waals surface area contributed by atoms with Gasteiger partial charge in [0.15, 0.2) is 10.9 Å². The average Bonchev–Trinajstić information content (AvgIpc) is 2.81. The van der Waals surface area contributed by atoms with Crippen molar-refractivity contribution < 1.29 is 4.79 Å². The third kappa shape index (κ3) is 3.65. The van der Waals surface area contributed by atoms with Gasteiger partial charge in [-0.2, -0.15) is 0 Å².